The molecule has 1 fully saturated rings. The van der Waals surface area contributed by atoms with Crippen molar-refractivity contribution in [3.63, 3.8) is 0 Å². The molecule has 1 saturated heterocycles. The van der Waals surface area contributed by atoms with Crippen LogP contribution in [0.3, 0.4) is 0 Å². The highest BCUT2D eigenvalue weighted by Gasteiger charge is 2.40. The molecule has 34 heavy (non-hydrogen) atoms. The summed E-state index contributed by atoms with van der Waals surface area (Å²) in [6.07, 6.45) is 2.53. The lowest BCUT2D eigenvalue weighted by molar-refractivity contribution is -0.0618. The fourth-order valence-corrected chi connectivity index (χ4v) is 3.85. The third kappa shape index (κ3) is 5.48. The topological polar surface area (TPSA) is 103 Å². The minimum Gasteiger partial charge on any atom is -0.447 e. The van der Waals surface area contributed by atoms with Gasteiger partial charge in [0, 0.05) is 16.8 Å². The number of rotatable bonds is 7. The van der Waals surface area contributed by atoms with Crippen LogP contribution >= 0.6 is 11.6 Å². The first-order valence-electron chi connectivity index (χ1n) is 11.1. The Morgan fingerprint density at radius 3 is 2.62 bits per heavy atom. The Morgan fingerprint density at radius 2 is 1.91 bits per heavy atom. The van der Waals surface area contributed by atoms with Crippen molar-refractivity contribution >= 4 is 29.5 Å². The van der Waals surface area contributed by atoms with Gasteiger partial charge in [-0.2, -0.15) is 4.98 Å². The van der Waals surface area contributed by atoms with Crippen LogP contribution in [0.4, 0.5) is 16.6 Å². The molecule has 4 rings (SSSR count). The maximum Gasteiger partial charge on any atom is 0.416 e. The summed E-state index contributed by atoms with van der Waals surface area (Å²) in [6, 6.07) is 8.37. The van der Waals surface area contributed by atoms with Crippen LogP contribution in [0.5, 0.6) is 0 Å². The van der Waals surface area contributed by atoms with E-state index >= 15 is 0 Å². The van der Waals surface area contributed by atoms with Gasteiger partial charge in [-0.15, -0.1) is 0 Å². The number of ether oxygens (including phenoxy) is 2. The monoisotopic (exact) mass is 485 g/mol. The van der Waals surface area contributed by atoms with Gasteiger partial charge in [-0.3, -0.25) is 4.90 Å². The molecule has 3 atom stereocenters. The van der Waals surface area contributed by atoms with E-state index in [0.717, 1.165) is 5.56 Å². The van der Waals surface area contributed by atoms with Gasteiger partial charge in [0.15, 0.2) is 5.76 Å². The molecule has 180 valence electrons. The lowest BCUT2D eigenvalue weighted by atomic mass is 10.1. The van der Waals surface area contributed by atoms with E-state index in [0.29, 0.717) is 28.4 Å². The van der Waals surface area contributed by atoms with Gasteiger partial charge in [0.05, 0.1) is 17.9 Å². The van der Waals surface area contributed by atoms with Crippen LogP contribution in [0.1, 0.15) is 46.6 Å². The Kier molecular flexibility index (Phi) is 6.77. The summed E-state index contributed by atoms with van der Waals surface area (Å²) < 4.78 is 17.3. The van der Waals surface area contributed by atoms with Crippen molar-refractivity contribution in [2.75, 3.05) is 16.8 Å². The van der Waals surface area contributed by atoms with Crippen LogP contribution in [0.2, 0.25) is 5.02 Å². The molecule has 0 spiro atoms. The lowest BCUT2D eigenvalue weighted by Crippen LogP contribution is -2.45. The molecule has 0 radical (unpaired) electrons. The molecule has 0 aliphatic carbocycles. The zero-order valence-electron chi connectivity index (χ0n) is 19.8. The first kappa shape index (κ1) is 24.0. The smallest absolute Gasteiger partial charge is 0.416 e. The van der Waals surface area contributed by atoms with E-state index in [9.17, 15) is 4.79 Å². The number of nitrogens with zero attached hydrogens (tertiary/aromatic N) is 4. The van der Waals surface area contributed by atoms with E-state index in [1.54, 1.807) is 30.6 Å². The Hall–Kier alpha value is -3.17. The van der Waals surface area contributed by atoms with Crippen molar-refractivity contribution in [2.45, 2.75) is 58.4 Å². The number of benzene rings is 1. The van der Waals surface area contributed by atoms with E-state index in [-0.39, 0.29) is 30.4 Å². The summed E-state index contributed by atoms with van der Waals surface area (Å²) in [4.78, 5) is 27.2. The molecule has 1 aliphatic rings. The van der Waals surface area contributed by atoms with E-state index in [1.165, 1.54) is 4.90 Å². The average molecular weight is 486 g/mol. The van der Waals surface area contributed by atoms with Gasteiger partial charge in [-0.05, 0) is 65.0 Å². The number of halogens is 1. The summed E-state index contributed by atoms with van der Waals surface area (Å²) in [6.45, 7) is 9.96. The van der Waals surface area contributed by atoms with Gasteiger partial charge in [0.25, 0.3) is 0 Å². The van der Waals surface area contributed by atoms with E-state index in [1.807, 2.05) is 46.8 Å². The molecule has 2 aromatic heterocycles. The van der Waals surface area contributed by atoms with Crippen LogP contribution in [-0.4, -0.2) is 45.4 Å². The van der Waals surface area contributed by atoms with Crippen LogP contribution in [0.25, 0.3) is 11.3 Å². The molecule has 9 nitrogen and oxygen atoms in total. The number of cyclic esters (lactones) is 1. The predicted octanol–water partition coefficient (Wildman–Crippen LogP) is 5.49. The Labute approximate surface area is 203 Å². The zero-order valence-corrected chi connectivity index (χ0v) is 20.5. The highest BCUT2D eigenvalue weighted by molar-refractivity contribution is 6.30. The molecular formula is C24H28ClN5O4. The summed E-state index contributed by atoms with van der Waals surface area (Å²) in [5, 5.41) is 3.84. The standard InChI is InChI=1S/C24H28ClN5O4/c1-14(21-27-12-19(33-21)16-6-8-17(25)9-7-16)28-22-26-11-10-20(29-22)30-18(13-32-23(30)31)15(2)34-24(3,4)5/h6-12,14-15,18H,13H2,1-5H3,(H,26,28,29)/t14-,15+,18?/m0/s1. The SMILES string of the molecule is C[C@H](Nc1nccc(N2C(=O)OCC2[C@@H](C)OC(C)(C)C)n1)c1ncc(-c2ccc(Cl)cc2)o1. The second-order valence-electron chi connectivity index (χ2n) is 9.12. The number of anilines is 2. The van der Waals surface area contributed by atoms with Crippen molar-refractivity contribution in [3.05, 3.63) is 53.6 Å². The number of aromatic nitrogens is 3. The van der Waals surface area contributed by atoms with Crippen molar-refractivity contribution in [2.24, 2.45) is 0 Å². The fraction of sp³-hybridized carbons (Fsp3) is 0.417. The lowest BCUT2D eigenvalue weighted by Gasteiger charge is -2.31. The van der Waals surface area contributed by atoms with Crippen molar-refractivity contribution < 1.29 is 18.7 Å². The Morgan fingerprint density at radius 1 is 1.18 bits per heavy atom. The molecule has 1 aromatic carbocycles. The molecular weight excluding hydrogens is 458 g/mol. The molecule has 3 aromatic rings. The summed E-state index contributed by atoms with van der Waals surface area (Å²) >= 11 is 5.96. The van der Waals surface area contributed by atoms with Gasteiger partial charge < -0.3 is 19.2 Å². The van der Waals surface area contributed by atoms with Crippen molar-refractivity contribution in [3.8, 4) is 11.3 Å². The number of carbonyl (C=O) groups is 1. The first-order chi connectivity index (χ1) is 16.1. The van der Waals surface area contributed by atoms with Crippen molar-refractivity contribution in [1.29, 1.82) is 0 Å². The van der Waals surface area contributed by atoms with Crippen LogP contribution in [0.15, 0.2) is 47.1 Å². The molecule has 1 aliphatic heterocycles. The Balaban J connectivity index is 1.49. The Bertz CT molecular complexity index is 1140. The van der Waals surface area contributed by atoms with E-state index in [2.05, 4.69) is 20.3 Å². The normalized spacial score (nSPS) is 18.0. The second-order valence-corrected chi connectivity index (χ2v) is 9.56. The highest BCUT2D eigenvalue weighted by Crippen LogP contribution is 2.28. The largest absolute Gasteiger partial charge is 0.447 e. The third-order valence-electron chi connectivity index (χ3n) is 5.24. The van der Waals surface area contributed by atoms with Gasteiger partial charge in [-0.1, -0.05) is 11.6 Å². The van der Waals surface area contributed by atoms with Gasteiger partial charge in [0.2, 0.25) is 11.8 Å². The number of hydrogen-bond acceptors (Lipinski definition) is 8. The summed E-state index contributed by atoms with van der Waals surface area (Å²) in [7, 11) is 0. The molecule has 10 heteroatoms. The molecule has 1 unspecified atom stereocenters. The van der Waals surface area contributed by atoms with Gasteiger partial charge in [0.1, 0.15) is 24.5 Å². The number of amides is 1. The highest BCUT2D eigenvalue weighted by atomic mass is 35.5. The van der Waals surface area contributed by atoms with Crippen molar-refractivity contribution in [1.82, 2.24) is 15.0 Å². The van der Waals surface area contributed by atoms with Crippen LogP contribution < -0.4 is 10.2 Å². The minimum absolute atomic E-state index is 0.225. The fourth-order valence-electron chi connectivity index (χ4n) is 3.72. The van der Waals surface area contributed by atoms with E-state index < -0.39 is 6.09 Å². The first-order valence-corrected chi connectivity index (χ1v) is 11.4. The molecule has 3 heterocycles. The maximum atomic E-state index is 12.5. The number of carbonyl (C=O) groups excluding carboxylic acids is 1. The number of hydrogen-bond donors (Lipinski definition) is 1. The number of nitrogens with one attached hydrogen (secondary N) is 1. The minimum atomic E-state index is -0.465. The maximum absolute atomic E-state index is 12.5. The second kappa shape index (κ2) is 9.60. The summed E-state index contributed by atoms with van der Waals surface area (Å²) in [5.41, 5.74) is 0.518. The average Bonchev–Trinajstić information content (AvgIpc) is 3.40. The predicted molar refractivity (Wildman–Crippen MR) is 129 cm³/mol. The van der Waals surface area contributed by atoms with E-state index in [4.69, 9.17) is 25.5 Å². The molecule has 0 saturated carbocycles. The summed E-state index contributed by atoms with van der Waals surface area (Å²) in [5.74, 6) is 1.87. The third-order valence-corrected chi connectivity index (χ3v) is 5.50. The number of oxazole rings is 1. The van der Waals surface area contributed by atoms with Crippen LogP contribution in [0, 0.1) is 0 Å². The van der Waals surface area contributed by atoms with Crippen LogP contribution in [-0.2, 0) is 9.47 Å². The zero-order chi connectivity index (χ0) is 24.5. The molecule has 1 N–H and O–H groups in total. The molecule has 1 amide bonds. The molecule has 0 bridgehead atoms. The quantitative estimate of drug-likeness (QED) is 0.468. The van der Waals surface area contributed by atoms with Gasteiger partial charge >= 0.3 is 6.09 Å². The van der Waals surface area contributed by atoms with Gasteiger partial charge in [-0.25, -0.2) is 14.8 Å².